The molecule has 0 N–H and O–H groups in total. The number of rotatable bonds is 4. The molecular weight excluding hydrogens is 334 g/mol. The molecule has 0 amide bonds. The summed E-state index contributed by atoms with van der Waals surface area (Å²) in [5.74, 6) is 0.807. The van der Waals surface area contributed by atoms with E-state index in [1.807, 2.05) is 43.3 Å². The van der Waals surface area contributed by atoms with Crippen LogP contribution in [0, 0.1) is 6.92 Å². The zero-order valence-corrected chi connectivity index (χ0v) is 14.1. The Bertz CT molecular complexity index is 871. The van der Waals surface area contributed by atoms with E-state index in [1.165, 1.54) is 4.31 Å². The van der Waals surface area contributed by atoms with Crippen molar-refractivity contribution in [3.8, 4) is 5.75 Å². The van der Waals surface area contributed by atoms with Gasteiger partial charge in [0.15, 0.2) is 11.0 Å². The fraction of sp³-hybridized carbons (Fsp3) is 0.125. The van der Waals surface area contributed by atoms with Crippen molar-refractivity contribution in [1.29, 1.82) is 0 Å². The minimum absolute atomic E-state index is 0.173. The van der Waals surface area contributed by atoms with Gasteiger partial charge in [0.25, 0.3) is 0 Å². The predicted octanol–water partition coefficient (Wildman–Crippen LogP) is 3.69. The first-order valence-electron chi connectivity index (χ1n) is 6.87. The van der Waals surface area contributed by atoms with Crippen molar-refractivity contribution >= 4 is 39.7 Å². The van der Waals surface area contributed by atoms with E-state index in [-0.39, 0.29) is 5.15 Å². The molecule has 0 unspecified atom stereocenters. The maximum atomic E-state index is 12.4. The zero-order valence-electron chi connectivity index (χ0n) is 12.6. The van der Waals surface area contributed by atoms with Gasteiger partial charge in [0.1, 0.15) is 5.75 Å². The summed E-state index contributed by atoms with van der Waals surface area (Å²) in [6, 6.07) is 14.6. The smallest absolute Gasteiger partial charge is 0.319 e. The van der Waals surface area contributed by atoms with Crippen LogP contribution in [0.5, 0.6) is 5.75 Å². The van der Waals surface area contributed by atoms with E-state index in [0.29, 0.717) is 22.6 Å². The molecule has 0 saturated carbocycles. The van der Waals surface area contributed by atoms with Crippen LogP contribution in [0.25, 0.3) is 11.0 Å². The quantitative estimate of drug-likeness (QED) is 0.722. The average molecular weight is 348 g/mol. The van der Waals surface area contributed by atoms with Crippen LogP contribution >= 0.6 is 11.6 Å². The third kappa shape index (κ3) is 3.43. The molecule has 3 rings (SSSR count). The third-order valence-electron chi connectivity index (χ3n) is 3.22. The van der Waals surface area contributed by atoms with E-state index >= 15 is 0 Å². The summed E-state index contributed by atoms with van der Waals surface area (Å²) < 4.78 is 19.1. The van der Waals surface area contributed by atoms with E-state index in [0.717, 1.165) is 5.56 Å². The summed E-state index contributed by atoms with van der Waals surface area (Å²) in [5.41, 5.74) is 2.45. The number of hydrogen-bond donors (Lipinski definition) is 0. The van der Waals surface area contributed by atoms with Crippen LogP contribution in [-0.2, 0) is 11.3 Å². The molecule has 0 fully saturated rings. The van der Waals surface area contributed by atoms with Crippen LogP contribution in [0.2, 0.25) is 5.15 Å². The summed E-state index contributed by atoms with van der Waals surface area (Å²) >= 11 is 4.38. The molecule has 1 atom stereocenters. The first kappa shape index (κ1) is 15.7. The van der Waals surface area contributed by atoms with Gasteiger partial charge in [0, 0.05) is 7.05 Å². The van der Waals surface area contributed by atoms with Crippen LogP contribution in [-0.4, -0.2) is 21.2 Å². The molecule has 0 radical (unpaired) electrons. The lowest BCUT2D eigenvalue weighted by atomic mass is 10.2. The Morgan fingerprint density at radius 2 is 1.65 bits per heavy atom. The number of para-hydroxylation sites is 2. The summed E-state index contributed by atoms with van der Waals surface area (Å²) in [5, 5.41) is 0.173. The minimum Gasteiger partial charge on any atom is -0.385 e. The Kier molecular flexibility index (Phi) is 4.45. The molecule has 2 aromatic carbocycles. The number of aromatic nitrogens is 2. The molecule has 0 spiro atoms. The topological polar surface area (TPSA) is 55.3 Å². The van der Waals surface area contributed by atoms with E-state index in [4.69, 9.17) is 15.8 Å². The van der Waals surface area contributed by atoms with Gasteiger partial charge < -0.3 is 4.18 Å². The second kappa shape index (κ2) is 6.52. The highest BCUT2D eigenvalue weighted by Crippen LogP contribution is 2.25. The van der Waals surface area contributed by atoms with E-state index in [1.54, 1.807) is 19.2 Å². The van der Waals surface area contributed by atoms with Crippen molar-refractivity contribution < 1.29 is 8.39 Å². The van der Waals surface area contributed by atoms with Crippen molar-refractivity contribution in [2.75, 3.05) is 11.4 Å². The standard InChI is InChI=1S/C16H14ClN3O2S/c1-11-7-9-12(10-8-11)22-23(21)20(2)16-15(17)18-13-5-3-4-6-14(13)19-16/h3-10H,1-2H3/t23-/m0/s1. The van der Waals surface area contributed by atoms with E-state index < -0.39 is 11.3 Å². The van der Waals surface area contributed by atoms with Crippen molar-refractivity contribution in [1.82, 2.24) is 9.97 Å². The first-order valence-corrected chi connectivity index (χ1v) is 8.28. The number of hydrogen-bond acceptors (Lipinski definition) is 4. The fourth-order valence-electron chi connectivity index (χ4n) is 1.97. The fourth-order valence-corrected chi connectivity index (χ4v) is 2.94. The van der Waals surface area contributed by atoms with Gasteiger partial charge in [-0.2, -0.15) is 4.21 Å². The lowest BCUT2D eigenvalue weighted by Crippen LogP contribution is -2.26. The lowest BCUT2D eigenvalue weighted by molar-refractivity contribution is 0.560. The van der Waals surface area contributed by atoms with Crippen molar-refractivity contribution in [3.63, 3.8) is 0 Å². The molecular formula is C16H14ClN3O2S. The van der Waals surface area contributed by atoms with Crippen LogP contribution in [0.4, 0.5) is 5.82 Å². The Morgan fingerprint density at radius 3 is 2.30 bits per heavy atom. The van der Waals surface area contributed by atoms with Crippen LogP contribution in [0.1, 0.15) is 5.56 Å². The normalized spacial score (nSPS) is 12.1. The van der Waals surface area contributed by atoms with Gasteiger partial charge in [0.05, 0.1) is 11.0 Å². The highest BCUT2D eigenvalue weighted by atomic mass is 35.5. The van der Waals surface area contributed by atoms with Crippen molar-refractivity contribution in [2.24, 2.45) is 0 Å². The maximum absolute atomic E-state index is 12.4. The molecule has 5 nitrogen and oxygen atoms in total. The number of anilines is 1. The van der Waals surface area contributed by atoms with Crippen LogP contribution in [0.15, 0.2) is 48.5 Å². The van der Waals surface area contributed by atoms with Gasteiger partial charge in [-0.05, 0) is 31.2 Å². The zero-order chi connectivity index (χ0) is 16.4. The summed E-state index contributed by atoms with van der Waals surface area (Å²) in [6.07, 6.45) is 0. The third-order valence-corrected chi connectivity index (χ3v) is 4.43. The highest BCUT2D eigenvalue weighted by Gasteiger charge is 2.18. The van der Waals surface area contributed by atoms with Gasteiger partial charge in [-0.1, -0.05) is 41.4 Å². The van der Waals surface area contributed by atoms with Gasteiger partial charge in [0.2, 0.25) is 0 Å². The monoisotopic (exact) mass is 347 g/mol. The van der Waals surface area contributed by atoms with Crippen LogP contribution in [0.3, 0.4) is 0 Å². The highest BCUT2D eigenvalue weighted by molar-refractivity contribution is 7.82. The van der Waals surface area contributed by atoms with Gasteiger partial charge in [-0.3, -0.25) is 0 Å². The predicted molar refractivity (Wildman–Crippen MR) is 92.9 cm³/mol. The minimum atomic E-state index is -1.78. The lowest BCUT2D eigenvalue weighted by Gasteiger charge is -2.17. The Hall–Kier alpha value is -2.18. The van der Waals surface area contributed by atoms with Gasteiger partial charge in [-0.15, -0.1) is 0 Å². The number of aryl methyl sites for hydroxylation is 1. The SMILES string of the molecule is Cc1ccc(O[S@](=O)N(C)c2nc3ccccc3nc2Cl)cc1. The molecule has 118 valence electrons. The first-order chi connectivity index (χ1) is 11.0. The molecule has 0 bridgehead atoms. The van der Waals surface area contributed by atoms with Crippen molar-refractivity contribution in [2.45, 2.75) is 6.92 Å². The number of nitrogens with zero attached hydrogens (tertiary/aromatic N) is 3. The second-order valence-corrected chi connectivity index (χ2v) is 6.44. The average Bonchev–Trinajstić information content (AvgIpc) is 2.55. The summed E-state index contributed by atoms with van der Waals surface area (Å²) in [4.78, 5) is 8.68. The van der Waals surface area contributed by atoms with Crippen molar-refractivity contribution in [3.05, 3.63) is 59.2 Å². The summed E-state index contributed by atoms with van der Waals surface area (Å²) in [6.45, 7) is 1.97. The van der Waals surface area contributed by atoms with Gasteiger partial charge >= 0.3 is 11.3 Å². The Balaban J connectivity index is 1.87. The van der Waals surface area contributed by atoms with Crippen LogP contribution < -0.4 is 8.49 Å². The maximum Gasteiger partial charge on any atom is 0.319 e. The molecule has 0 aliphatic carbocycles. The number of fused-ring (bicyclic) bond motifs is 1. The summed E-state index contributed by atoms with van der Waals surface area (Å²) in [7, 11) is 1.59. The molecule has 1 heterocycles. The molecule has 7 heteroatoms. The molecule has 0 aliphatic heterocycles. The molecule has 0 aliphatic rings. The molecule has 1 aromatic heterocycles. The number of benzene rings is 2. The Morgan fingerprint density at radius 1 is 1.04 bits per heavy atom. The largest absolute Gasteiger partial charge is 0.385 e. The number of halogens is 1. The second-order valence-electron chi connectivity index (χ2n) is 4.94. The van der Waals surface area contributed by atoms with E-state index in [2.05, 4.69) is 9.97 Å². The van der Waals surface area contributed by atoms with Gasteiger partial charge in [-0.25, -0.2) is 14.3 Å². The Labute approximate surface area is 141 Å². The molecule has 0 saturated heterocycles. The molecule has 23 heavy (non-hydrogen) atoms. The van der Waals surface area contributed by atoms with E-state index in [9.17, 15) is 4.21 Å². The molecule has 3 aromatic rings.